The second-order valence-corrected chi connectivity index (χ2v) is 6.42. The van der Waals surface area contributed by atoms with Crippen LogP contribution in [0.3, 0.4) is 0 Å². The molecule has 0 saturated carbocycles. The van der Waals surface area contributed by atoms with Gasteiger partial charge in [0.05, 0.1) is 6.54 Å². The average Bonchev–Trinajstić information content (AvgIpc) is 2.98. The average molecular weight is 409 g/mol. The quantitative estimate of drug-likeness (QED) is 0.678. The minimum absolute atomic E-state index is 0.243. The number of halogens is 3. The molecule has 0 fully saturated rings. The van der Waals surface area contributed by atoms with Gasteiger partial charge in [-0.15, -0.1) is 0 Å². The molecule has 0 radical (unpaired) electrons. The van der Waals surface area contributed by atoms with E-state index in [1.54, 1.807) is 47.3 Å². The monoisotopic (exact) mass is 407 g/mol. The van der Waals surface area contributed by atoms with Crippen molar-refractivity contribution in [3.63, 3.8) is 0 Å². The van der Waals surface area contributed by atoms with E-state index in [2.05, 4.69) is 26.3 Å². The zero-order chi connectivity index (χ0) is 17.1. The van der Waals surface area contributed by atoms with Crippen LogP contribution in [0.1, 0.15) is 15.9 Å². The number of nitrogens with one attached hydrogen (secondary N) is 1. The van der Waals surface area contributed by atoms with Crippen LogP contribution >= 0.6 is 27.5 Å². The van der Waals surface area contributed by atoms with Crippen molar-refractivity contribution >= 4 is 39.3 Å². The third-order valence-electron chi connectivity index (χ3n) is 3.34. The molecule has 0 saturated heterocycles. The molecule has 0 aliphatic carbocycles. The molecule has 7 heteroatoms. The molecule has 0 spiro atoms. The molecule has 3 aromatic rings. The molecule has 1 heterocycles. The highest BCUT2D eigenvalue weighted by Gasteiger charge is 2.09. The lowest BCUT2D eigenvalue weighted by molar-refractivity contribution is 0.102. The summed E-state index contributed by atoms with van der Waals surface area (Å²) < 4.78 is 15.6. The van der Waals surface area contributed by atoms with Crippen molar-refractivity contribution in [2.45, 2.75) is 6.54 Å². The van der Waals surface area contributed by atoms with Gasteiger partial charge in [0.2, 0.25) is 0 Å². The second kappa shape index (κ2) is 7.15. The molecule has 4 nitrogen and oxygen atoms in total. The highest BCUT2D eigenvalue weighted by atomic mass is 79.9. The van der Waals surface area contributed by atoms with Crippen LogP contribution in [-0.2, 0) is 6.54 Å². The van der Waals surface area contributed by atoms with Gasteiger partial charge < -0.3 is 5.32 Å². The third kappa shape index (κ3) is 4.01. The van der Waals surface area contributed by atoms with Gasteiger partial charge in [0.15, 0.2) is 5.82 Å². The van der Waals surface area contributed by atoms with Crippen molar-refractivity contribution in [2.75, 3.05) is 5.32 Å². The molecule has 1 amide bonds. The molecule has 0 aliphatic heterocycles. The number of rotatable bonds is 4. The summed E-state index contributed by atoms with van der Waals surface area (Å²) in [4.78, 5) is 12.1. The first kappa shape index (κ1) is 16.7. The number of nitrogens with zero attached hydrogens (tertiary/aromatic N) is 2. The number of benzene rings is 2. The maximum absolute atomic E-state index is 13.1. The summed E-state index contributed by atoms with van der Waals surface area (Å²) >= 11 is 9.33. The van der Waals surface area contributed by atoms with E-state index in [9.17, 15) is 9.18 Å². The summed E-state index contributed by atoms with van der Waals surface area (Å²) in [6, 6.07) is 12.9. The highest BCUT2D eigenvalue weighted by Crippen LogP contribution is 2.19. The summed E-state index contributed by atoms with van der Waals surface area (Å²) in [6.45, 7) is 0.382. The molecule has 0 atom stereocenters. The van der Waals surface area contributed by atoms with Crippen LogP contribution in [0.4, 0.5) is 10.2 Å². The van der Waals surface area contributed by atoms with Gasteiger partial charge in [-0.3, -0.25) is 9.48 Å². The van der Waals surface area contributed by atoms with E-state index in [0.29, 0.717) is 22.9 Å². The van der Waals surface area contributed by atoms with E-state index in [4.69, 9.17) is 11.6 Å². The molecule has 1 N–H and O–H groups in total. The molecule has 1 aromatic heterocycles. The number of hydrogen-bond acceptors (Lipinski definition) is 2. The van der Waals surface area contributed by atoms with Gasteiger partial charge in [0, 0.05) is 27.3 Å². The zero-order valence-corrected chi connectivity index (χ0v) is 14.7. The standard InChI is InChI=1S/C17H12BrClFN3O/c18-13-4-1-11(2-5-13)17(24)21-16-7-8-23(22-16)10-12-3-6-14(20)9-15(12)19/h1-9H,10H2,(H,21,22,24). The van der Waals surface area contributed by atoms with E-state index >= 15 is 0 Å². The van der Waals surface area contributed by atoms with Crippen molar-refractivity contribution in [3.8, 4) is 0 Å². The van der Waals surface area contributed by atoms with Gasteiger partial charge in [-0.2, -0.15) is 5.10 Å². The Balaban J connectivity index is 1.69. The Bertz CT molecular complexity index is 880. The Kier molecular flexibility index (Phi) is 4.97. The summed E-state index contributed by atoms with van der Waals surface area (Å²) in [7, 11) is 0. The predicted octanol–water partition coefficient (Wildman–Crippen LogP) is 4.74. The van der Waals surface area contributed by atoms with Crippen molar-refractivity contribution in [1.29, 1.82) is 0 Å². The molecule has 3 rings (SSSR count). The lowest BCUT2D eigenvalue weighted by Gasteiger charge is -2.05. The van der Waals surface area contributed by atoms with Gasteiger partial charge in [-0.1, -0.05) is 33.6 Å². The first-order chi connectivity index (χ1) is 11.5. The highest BCUT2D eigenvalue weighted by molar-refractivity contribution is 9.10. The van der Waals surface area contributed by atoms with Crippen LogP contribution in [-0.4, -0.2) is 15.7 Å². The smallest absolute Gasteiger partial charge is 0.256 e. The van der Waals surface area contributed by atoms with Gasteiger partial charge in [-0.05, 0) is 42.0 Å². The van der Waals surface area contributed by atoms with Crippen LogP contribution in [0.5, 0.6) is 0 Å². The van der Waals surface area contributed by atoms with E-state index in [-0.39, 0.29) is 11.7 Å². The zero-order valence-electron chi connectivity index (χ0n) is 12.3. The molecule has 0 aliphatic rings. The summed E-state index contributed by atoms with van der Waals surface area (Å²) in [5, 5.41) is 7.34. The van der Waals surface area contributed by atoms with E-state index in [1.165, 1.54) is 12.1 Å². The van der Waals surface area contributed by atoms with E-state index < -0.39 is 0 Å². The molecule has 0 unspecified atom stereocenters. The lowest BCUT2D eigenvalue weighted by atomic mass is 10.2. The summed E-state index contributed by atoms with van der Waals surface area (Å²) in [6.07, 6.45) is 1.72. The molecule has 24 heavy (non-hydrogen) atoms. The fourth-order valence-electron chi connectivity index (χ4n) is 2.13. The fraction of sp³-hybridized carbons (Fsp3) is 0.0588. The minimum atomic E-state index is -0.383. The maximum Gasteiger partial charge on any atom is 0.256 e. The number of carbonyl (C=O) groups is 1. The van der Waals surface area contributed by atoms with Crippen molar-refractivity contribution in [1.82, 2.24) is 9.78 Å². The third-order valence-corrected chi connectivity index (χ3v) is 4.22. The molecule has 0 bridgehead atoms. The number of aromatic nitrogens is 2. The van der Waals surface area contributed by atoms with Gasteiger partial charge in [0.1, 0.15) is 5.82 Å². The fourth-order valence-corrected chi connectivity index (χ4v) is 2.62. The lowest BCUT2D eigenvalue weighted by Crippen LogP contribution is -2.12. The van der Waals surface area contributed by atoms with Crippen LogP contribution in [0.15, 0.2) is 59.2 Å². The first-order valence-corrected chi connectivity index (χ1v) is 8.23. The number of anilines is 1. The molecule has 2 aromatic carbocycles. The summed E-state index contributed by atoms with van der Waals surface area (Å²) in [5.41, 5.74) is 1.28. The topological polar surface area (TPSA) is 46.9 Å². The maximum atomic E-state index is 13.1. The van der Waals surface area contributed by atoms with Gasteiger partial charge in [-0.25, -0.2) is 4.39 Å². The second-order valence-electron chi connectivity index (χ2n) is 5.10. The predicted molar refractivity (Wildman–Crippen MR) is 94.8 cm³/mol. The molecular weight excluding hydrogens is 397 g/mol. The number of amides is 1. The molecule has 122 valence electrons. The SMILES string of the molecule is O=C(Nc1ccn(Cc2ccc(F)cc2Cl)n1)c1ccc(Br)cc1. The summed E-state index contributed by atoms with van der Waals surface area (Å²) in [5.74, 6) is -0.194. The van der Waals surface area contributed by atoms with Crippen LogP contribution in [0.2, 0.25) is 5.02 Å². The van der Waals surface area contributed by atoms with Crippen molar-refractivity contribution in [3.05, 3.63) is 81.2 Å². The molecular formula is C17H12BrClFN3O. The van der Waals surface area contributed by atoms with Crippen LogP contribution < -0.4 is 5.32 Å². The van der Waals surface area contributed by atoms with Crippen molar-refractivity contribution < 1.29 is 9.18 Å². The van der Waals surface area contributed by atoms with E-state index in [0.717, 1.165) is 10.0 Å². The van der Waals surface area contributed by atoms with Gasteiger partial charge in [0.25, 0.3) is 5.91 Å². The Labute approximate surface area is 151 Å². The van der Waals surface area contributed by atoms with E-state index in [1.807, 2.05) is 0 Å². The Hall–Kier alpha value is -2.18. The Morgan fingerprint density at radius 3 is 2.67 bits per heavy atom. The minimum Gasteiger partial charge on any atom is -0.305 e. The number of hydrogen-bond donors (Lipinski definition) is 1. The first-order valence-electron chi connectivity index (χ1n) is 7.05. The van der Waals surface area contributed by atoms with Crippen molar-refractivity contribution in [2.24, 2.45) is 0 Å². The van der Waals surface area contributed by atoms with Crippen LogP contribution in [0.25, 0.3) is 0 Å². The Morgan fingerprint density at radius 2 is 1.96 bits per heavy atom. The Morgan fingerprint density at radius 1 is 1.21 bits per heavy atom. The largest absolute Gasteiger partial charge is 0.305 e. The number of carbonyl (C=O) groups excluding carboxylic acids is 1. The van der Waals surface area contributed by atoms with Gasteiger partial charge >= 0.3 is 0 Å². The van der Waals surface area contributed by atoms with Crippen LogP contribution in [0, 0.1) is 5.82 Å². The normalized spacial score (nSPS) is 10.6.